The average molecular weight is 282 g/mol. The molecule has 0 atom stereocenters. The molecule has 0 aliphatic heterocycles. The summed E-state index contributed by atoms with van der Waals surface area (Å²) in [5.41, 5.74) is 1.64. The maximum absolute atomic E-state index is 11.2. The van der Waals surface area contributed by atoms with Crippen LogP contribution in [0.25, 0.3) is 10.8 Å². The highest BCUT2D eigenvalue weighted by Crippen LogP contribution is 2.26. The van der Waals surface area contributed by atoms with E-state index in [4.69, 9.17) is 0 Å². The van der Waals surface area contributed by atoms with Crippen LogP contribution >= 0.6 is 0 Å². The van der Waals surface area contributed by atoms with Gasteiger partial charge in [-0.2, -0.15) is 5.10 Å². The van der Waals surface area contributed by atoms with Crippen LogP contribution in [0.1, 0.15) is 16.2 Å². The Balaban J connectivity index is 2.16. The van der Waals surface area contributed by atoms with Gasteiger partial charge in [0.1, 0.15) is 5.82 Å². The van der Waals surface area contributed by atoms with E-state index >= 15 is 0 Å². The topological polar surface area (TPSA) is 80.0 Å². The average Bonchev–Trinajstić information content (AvgIpc) is 2.76. The van der Waals surface area contributed by atoms with Gasteiger partial charge in [-0.25, -0.2) is 9.78 Å². The molecule has 0 fully saturated rings. The predicted octanol–water partition coefficient (Wildman–Crippen LogP) is 2.72. The highest BCUT2D eigenvalue weighted by atomic mass is 16.4. The summed E-state index contributed by atoms with van der Waals surface area (Å²) in [6, 6.07) is 9.10. The summed E-state index contributed by atoms with van der Waals surface area (Å²) in [4.78, 5) is 15.4. The van der Waals surface area contributed by atoms with E-state index in [0.717, 1.165) is 22.2 Å². The van der Waals surface area contributed by atoms with Crippen LogP contribution in [-0.4, -0.2) is 25.8 Å². The summed E-state index contributed by atoms with van der Waals surface area (Å²) >= 11 is 0. The Morgan fingerprint density at radius 1 is 1.33 bits per heavy atom. The first-order valence-electron chi connectivity index (χ1n) is 6.45. The second-order valence-electron chi connectivity index (χ2n) is 4.81. The summed E-state index contributed by atoms with van der Waals surface area (Å²) < 4.78 is 1.70. The van der Waals surface area contributed by atoms with E-state index in [1.54, 1.807) is 10.7 Å². The minimum absolute atomic E-state index is 0.0118. The standard InChI is InChI=1S/C15H14N4O2/c1-9-13(8-19(2)18-9)17-14-11-6-4-3-5-10(11)7-12(16-14)15(20)21/h3-8H,1-2H3,(H,16,17)(H,20,21). The number of aromatic carboxylic acids is 1. The Morgan fingerprint density at radius 3 is 2.76 bits per heavy atom. The number of pyridine rings is 1. The van der Waals surface area contributed by atoms with Crippen molar-refractivity contribution in [3.8, 4) is 0 Å². The lowest BCUT2D eigenvalue weighted by Crippen LogP contribution is -2.04. The molecule has 1 aromatic carbocycles. The number of rotatable bonds is 3. The number of carboxylic acid groups (broad SMARTS) is 1. The minimum atomic E-state index is -1.05. The summed E-state index contributed by atoms with van der Waals surface area (Å²) in [6.07, 6.45) is 1.83. The Kier molecular flexibility index (Phi) is 3.06. The van der Waals surface area contributed by atoms with Gasteiger partial charge in [0.15, 0.2) is 5.69 Å². The highest BCUT2D eigenvalue weighted by Gasteiger charge is 2.12. The maximum atomic E-state index is 11.2. The molecule has 21 heavy (non-hydrogen) atoms. The highest BCUT2D eigenvalue weighted by molar-refractivity contribution is 5.98. The number of fused-ring (bicyclic) bond motifs is 1. The van der Waals surface area contributed by atoms with Crippen molar-refractivity contribution in [2.24, 2.45) is 7.05 Å². The molecule has 0 aliphatic carbocycles. The van der Waals surface area contributed by atoms with Gasteiger partial charge in [-0.15, -0.1) is 0 Å². The third kappa shape index (κ3) is 2.43. The van der Waals surface area contributed by atoms with Crippen molar-refractivity contribution in [2.75, 3.05) is 5.32 Å². The van der Waals surface area contributed by atoms with Gasteiger partial charge >= 0.3 is 5.97 Å². The first-order valence-corrected chi connectivity index (χ1v) is 6.45. The van der Waals surface area contributed by atoms with Crippen molar-refractivity contribution >= 4 is 28.2 Å². The molecular formula is C15H14N4O2. The monoisotopic (exact) mass is 282 g/mol. The Hall–Kier alpha value is -2.89. The van der Waals surface area contributed by atoms with Gasteiger partial charge in [-0.05, 0) is 18.4 Å². The molecule has 2 N–H and O–H groups in total. The molecular weight excluding hydrogens is 268 g/mol. The molecule has 3 rings (SSSR count). The Labute approximate surface area is 121 Å². The molecule has 2 heterocycles. The molecule has 0 radical (unpaired) electrons. The summed E-state index contributed by atoms with van der Waals surface area (Å²) in [5.74, 6) is -0.534. The summed E-state index contributed by atoms with van der Waals surface area (Å²) in [5, 5.41) is 18.3. The van der Waals surface area contributed by atoms with E-state index in [2.05, 4.69) is 15.4 Å². The number of anilines is 2. The van der Waals surface area contributed by atoms with E-state index in [-0.39, 0.29) is 5.69 Å². The second kappa shape index (κ2) is 4.90. The van der Waals surface area contributed by atoms with Crippen LogP contribution in [-0.2, 0) is 7.05 Å². The van der Waals surface area contributed by atoms with Crippen molar-refractivity contribution in [1.82, 2.24) is 14.8 Å². The second-order valence-corrected chi connectivity index (χ2v) is 4.81. The quantitative estimate of drug-likeness (QED) is 0.772. The molecule has 0 aliphatic rings. The minimum Gasteiger partial charge on any atom is -0.477 e. The van der Waals surface area contributed by atoms with Gasteiger partial charge in [0.05, 0.1) is 11.4 Å². The van der Waals surface area contributed by atoms with E-state index in [1.807, 2.05) is 44.4 Å². The number of aromatic nitrogens is 3. The van der Waals surface area contributed by atoms with Crippen LogP contribution in [0.5, 0.6) is 0 Å². The van der Waals surface area contributed by atoms with E-state index in [0.29, 0.717) is 5.82 Å². The van der Waals surface area contributed by atoms with Crippen molar-refractivity contribution in [1.29, 1.82) is 0 Å². The molecule has 0 spiro atoms. The third-order valence-electron chi connectivity index (χ3n) is 3.23. The van der Waals surface area contributed by atoms with Crippen molar-refractivity contribution < 1.29 is 9.90 Å². The smallest absolute Gasteiger partial charge is 0.354 e. The number of carboxylic acids is 1. The van der Waals surface area contributed by atoms with E-state index in [9.17, 15) is 9.90 Å². The molecule has 0 amide bonds. The van der Waals surface area contributed by atoms with Crippen LogP contribution in [0, 0.1) is 6.92 Å². The van der Waals surface area contributed by atoms with Crippen LogP contribution in [0.15, 0.2) is 36.5 Å². The fourth-order valence-electron chi connectivity index (χ4n) is 2.25. The van der Waals surface area contributed by atoms with Gasteiger partial charge < -0.3 is 10.4 Å². The molecule has 3 aromatic rings. The van der Waals surface area contributed by atoms with Crippen molar-refractivity contribution in [3.63, 3.8) is 0 Å². The van der Waals surface area contributed by atoms with Crippen LogP contribution in [0.2, 0.25) is 0 Å². The Morgan fingerprint density at radius 2 is 2.10 bits per heavy atom. The molecule has 106 valence electrons. The van der Waals surface area contributed by atoms with Crippen LogP contribution in [0.3, 0.4) is 0 Å². The van der Waals surface area contributed by atoms with Gasteiger partial charge in [0, 0.05) is 18.6 Å². The number of hydrogen-bond acceptors (Lipinski definition) is 4. The first-order chi connectivity index (χ1) is 10.0. The molecule has 0 unspecified atom stereocenters. The third-order valence-corrected chi connectivity index (χ3v) is 3.23. The molecule has 6 nitrogen and oxygen atoms in total. The van der Waals surface area contributed by atoms with Crippen LogP contribution < -0.4 is 5.32 Å². The first kappa shape index (κ1) is 13.1. The summed E-state index contributed by atoms with van der Waals surface area (Å²) in [7, 11) is 1.83. The normalized spacial score (nSPS) is 10.8. The van der Waals surface area contributed by atoms with E-state index in [1.165, 1.54) is 0 Å². The lowest BCUT2D eigenvalue weighted by atomic mass is 10.1. The number of hydrogen-bond donors (Lipinski definition) is 2. The van der Waals surface area contributed by atoms with E-state index < -0.39 is 5.97 Å². The van der Waals surface area contributed by atoms with Gasteiger partial charge in [0.25, 0.3) is 0 Å². The zero-order valence-corrected chi connectivity index (χ0v) is 11.7. The number of nitrogens with zero attached hydrogens (tertiary/aromatic N) is 3. The van der Waals surface area contributed by atoms with Gasteiger partial charge in [-0.3, -0.25) is 4.68 Å². The molecule has 2 aromatic heterocycles. The van der Waals surface area contributed by atoms with Crippen LogP contribution in [0.4, 0.5) is 11.5 Å². The summed E-state index contributed by atoms with van der Waals surface area (Å²) in [6.45, 7) is 1.88. The molecule has 0 saturated carbocycles. The molecule has 6 heteroatoms. The maximum Gasteiger partial charge on any atom is 0.354 e. The number of carbonyl (C=O) groups is 1. The lowest BCUT2D eigenvalue weighted by Gasteiger charge is -2.09. The lowest BCUT2D eigenvalue weighted by molar-refractivity contribution is 0.0691. The number of nitrogens with one attached hydrogen (secondary N) is 1. The van der Waals surface area contributed by atoms with Gasteiger partial charge in [-0.1, -0.05) is 24.3 Å². The predicted molar refractivity (Wildman–Crippen MR) is 79.9 cm³/mol. The fraction of sp³-hybridized carbons (Fsp3) is 0.133. The SMILES string of the molecule is Cc1nn(C)cc1Nc1nc(C(=O)O)cc2ccccc12. The van der Waals surface area contributed by atoms with Crippen molar-refractivity contribution in [2.45, 2.75) is 6.92 Å². The number of benzene rings is 1. The number of aryl methyl sites for hydroxylation is 2. The zero-order chi connectivity index (χ0) is 15.0. The molecule has 0 bridgehead atoms. The zero-order valence-electron chi connectivity index (χ0n) is 11.7. The largest absolute Gasteiger partial charge is 0.477 e. The fourth-order valence-corrected chi connectivity index (χ4v) is 2.25. The van der Waals surface area contributed by atoms with Crippen molar-refractivity contribution in [3.05, 3.63) is 47.9 Å². The molecule has 0 saturated heterocycles. The Bertz CT molecular complexity index is 839. The van der Waals surface area contributed by atoms with Gasteiger partial charge in [0.2, 0.25) is 0 Å².